The number of unbranched alkanes of at least 4 members (excludes halogenated alkanes) is 1. The molecule has 66 valence electrons. The number of nitrogens with two attached hydrogens (primary N) is 1. The van der Waals surface area contributed by atoms with Crippen molar-refractivity contribution < 1.29 is 4.79 Å². The quantitative estimate of drug-likeness (QED) is 0.577. The van der Waals surface area contributed by atoms with Crippen LogP contribution >= 0.6 is 0 Å². The van der Waals surface area contributed by atoms with Gasteiger partial charge in [0.15, 0.2) is 0 Å². The van der Waals surface area contributed by atoms with Crippen molar-refractivity contribution in [2.45, 2.75) is 39.2 Å². The Hall–Kier alpha value is -0.570. The highest BCUT2D eigenvalue weighted by atomic mass is 16.2. The Morgan fingerprint density at radius 1 is 1.55 bits per heavy atom. The summed E-state index contributed by atoms with van der Waals surface area (Å²) in [6.07, 6.45) is 2.84. The summed E-state index contributed by atoms with van der Waals surface area (Å²) in [7, 11) is 0. The number of hydrogen-bond donors (Lipinski definition) is 2. The highest BCUT2D eigenvalue weighted by Gasteiger charge is 2.08. The minimum Gasteiger partial charge on any atom is -0.355 e. The van der Waals surface area contributed by atoms with Gasteiger partial charge in [0.2, 0.25) is 5.91 Å². The van der Waals surface area contributed by atoms with Crippen LogP contribution in [0, 0.1) is 0 Å². The molecule has 1 unspecified atom stereocenters. The standard InChI is InChI=1S/C8H18N2O/c1-3-5-6-10-8(11)7(9)4-2/h7H,3-6,9H2,1-2H3,(H,10,11). The topological polar surface area (TPSA) is 55.1 Å². The minimum atomic E-state index is -0.327. The Balaban J connectivity index is 3.36. The van der Waals surface area contributed by atoms with Gasteiger partial charge in [0, 0.05) is 6.54 Å². The van der Waals surface area contributed by atoms with E-state index in [4.69, 9.17) is 5.73 Å². The maximum atomic E-state index is 11.0. The molecule has 0 saturated carbocycles. The number of carbonyl (C=O) groups excluding carboxylic acids is 1. The van der Waals surface area contributed by atoms with E-state index in [0.717, 1.165) is 19.4 Å². The molecule has 0 fully saturated rings. The van der Waals surface area contributed by atoms with Crippen LogP contribution < -0.4 is 11.1 Å². The summed E-state index contributed by atoms with van der Waals surface area (Å²) in [5.74, 6) is -0.0269. The van der Waals surface area contributed by atoms with Crippen molar-refractivity contribution in [3.05, 3.63) is 0 Å². The molecule has 0 saturated heterocycles. The molecular weight excluding hydrogens is 140 g/mol. The van der Waals surface area contributed by atoms with Gasteiger partial charge in [-0.2, -0.15) is 0 Å². The highest BCUT2D eigenvalue weighted by Crippen LogP contribution is 1.87. The molecule has 0 heterocycles. The SMILES string of the molecule is CCCCNC(=O)C(N)CC. The first-order chi connectivity index (χ1) is 5.22. The lowest BCUT2D eigenvalue weighted by Crippen LogP contribution is -2.40. The van der Waals surface area contributed by atoms with Crippen LogP contribution in [-0.4, -0.2) is 18.5 Å². The monoisotopic (exact) mass is 158 g/mol. The van der Waals surface area contributed by atoms with Crippen molar-refractivity contribution in [3.63, 3.8) is 0 Å². The Bertz CT molecular complexity index is 115. The van der Waals surface area contributed by atoms with Crippen LogP contribution in [-0.2, 0) is 4.79 Å². The molecule has 1 atom stereocenters. The van der Waals surface area contributed by atoms with Gasteiger partial charge in [-0.1, -0.05) is 20.3 Å². The fraction of sp³-hybridized carbons (Fsp3) is 0.875. The van der Waals surface area contributed by atoms with E-state index < -0.39 is 0 Å². The van der Waals surface area contributed by atoms with Gasteiger partial charge in [-0.05, 0) is 12.8 Å². The van der Waals surface area contributed by atoms with E-state index in [0.29, 0.717) is 6.42 Å². The molecule has 0 aliphatic carbocycles. The average molecular weight is 158 g/mol. The average Bonchev–Trinajstić information content (AvgIpc) is 2.03. The third-order valence-electron chi connectivity index (χ3n) is 1.61. The summed E-state index contributed by atoms with van der Waals surface area (Å²) in [6, 6.07) is -0.327. The van der Waals surface area contributed by atoms with Crippen molar-refractivity contribution in [1.82, 2.24) is 5.32 Å². The zero-order valence-corrected chi connectivity index (χ0v) is 7.39. The largest absolute Gasteiger partial charge is 0.355 e. The van der Waals surface area contributed by atoms with E-state index >= 15 is 0 Å². The summed E-state index contributed by atoms with van der Waals surface area (Å²) in [5.41, 5.74) is 5.49. The normalized spacial score (nSPS) is 12.6. The minimum absolute atomic E-state index is 0.0269. The molecule has 3 heteroatoms. The predicted molar refractivity (Wildman–Crippen MR) is 46.2 cm³/mol. The molecule has 11 heavy (non-hydrogen) atoms. The van der Waals surface area contributed by atoms with Crippen molar-refractivity contribution in [2.75, 3.05) is 6.54 Å². The van der Waals surface area contributed by atoms with E-state index in [-0.39, 0.29) is 11.9 Å². The summed E-state index contributed by atoms with van der Waals surface area (Å²) >= 11 is 0. The van der Waals surface area contributed by atoms with Gasteiger partial charge in [0.05, 0.1) is 6.04 Å². The molecule has 0 aliphatic heterocycles. The number of hydrogen-bond acceptors (Lipinski definition) is 2. The van der Waals surface area contributed by atoms with E-state index in [1.807, 2.05) is 6.92 Å². The first-order valence-electron chi connectivity index (χ1n) is 4.25. The third-order valence-corrected chi connectivity index (χ3v) is 1.61. The first kappa shape index (κ1) is 10.4. The van der Waals surface area contributed by atoms with Crippen LogP contribution in [0.1, 0.15) is 33.1 Å². The summed E-state index contributed by atoms with van der Waals surface area (Å²) in [6.45, 7) is 4.75. The van der Waals surface area contributed by atoms with Crippen molar-refractivity contribution in [1.29, 1.82) is 0 Å². The van der Waals surface area contributed by atoms with Gasteiger partial charge in [-0.25, -0.2) is 0 Å². The van der Waals surface area contributed by atoms with E-state index in [2.05, 4.69) is 12.2 Å². The first-order valence-corrected chi connectivity index (χ1v) is 4.25. The molecule has 0 bridgehead atoms. The van der Waals surface area contributed by atoms with Crippen molar-refractivity contribution >= 4 is 5.91 Å². The van der Waals surface area contributed by atoms with Crippen LogP contribution in [0.25, 0.3) is 0 Å². The van der Waals surface area contributed by atoms with Crippen LogP contribution in [0.15, 0.2) is 0 Å². The van der Waals surface area contributed by atoms with Crippen molar-refractivity contribution in [2.24, 2.45) is 5.73 Å². The Morgan fingerprint density at radius 3 is 2.64 bits per heavy atom. The van der Waals surface area contributed by atoms with Gasteiger partial charge in [-0.15, -0.1) is 0 Å². The number of rotatable bonds is 5. The molecule has 1 amide bonds. The lowest BCUT2D eigenvalue weighted by Gasteiger charge is -2.08. The van der Waals surface area contributed by atoms with Gasteiger partial charge in [0.25, 0.3) is 0 Å². The zero-order valence-electron chi connectivity index (χ0n) is 7.39. The second-order valence-corrected chi connectivity index (χ2v) is 2.66. The van der Waals surface area contributed by atoms with E-state index in [1.54, 1.807) is 0 Å². The fourth-order valence-electron chi connectivity index (χ4n) is 0.705. The molecule has 3 nitrogen and oxygen atoms in total. The second kappa shape index (κ2) is 6.16. The molecule has 3 N–H and O–H groups in total. The second-order valence-electron chi connectivity index (χ2n) is 2.66. The summed E-state index contributed by atoms with van der Waals surface area (Å²) in [5, 5.41) is 2.77. The molecule has 0 aromatic carbocycles. The number of amides is 1. The summed E-state index contributed by atoms with van der Waals surface area (Å²) < 4.78 is 0. The lowest BCUT2D eigenvalue weighted by atomic mass is 10.2. The van der Waals surface area contributed by atoms with Gasteiger partial charge >= 0.3 is 0 Å². The molecule has 0 spiro atoms. The maximum Gasteiger partial charge on any atom is 0.236 e. The smallest absolute Gasteiger partial charge is 0.236 e. The van der Waals surface area contributed by atoms with Gasteiger partial charge < -0.3 is 11.1 Å². The van der Waals surface area contributed by atoms with Crippen molar-refractivity contribution in [3.8, 4) is 0 Å². The van der Waals surface area contributed by atoms with Crippen LogP contribution in [0.4, 0.5) is 0 Å². The fourth-order valence-corrected chi connectivity index (χ4v) is 0.705. The van der Waals surface area contributed by atoms with Gasteiger partial charge in [-0.3, -0.25) is 4.79 Å². The lowest BCUT2D eigenvalue weighted by molar-refractivity contribution is -0.122. The predicted octanol–water partition coefficient (Wildman–Crippen LogP) is 0.640. The number of carbonyl (C=O) groups is 1. The molecular formula is C8H18N2O. The molecule has 0 radical (unpaired) electrons. The van der Waals surface area contributed by atoms with E-state index in [9.17, 15) is 4.79 Å². The Morgan fingerprint density at radius 2 is 2.18 bits per heavy atom. The molecule has 0 rings (SSSR count). The van der Waals surface area contributed by atoms with Crippen LogP contribution in [0.2, 0.25) is 0 Å². The van der Waals surface area contributed by atoms with E-state index in [1.165, 1.54) is 0 Å². The highest BCUT2D eigenvalue weighted by molar-refractivity contribution is 5.81. The Kier molecular flexibility index (Phi) is 5.84. The summed E-state index contributed by atoms with van der Waals surface area (Å²) in [4.78, 5) is 11.0. The maximum absolute atomic E-state index is 11.0. The Labute approximate surface area is 68.3 Å². The molecule has 0 aromatic rings. The number of nitrogens with one attached hydrogen (secondary N) is 1. The molecule has 0 aliphatic rings. The zero-order chi connectivity index (χ0) is 8.69. The molecule has 0 aromatic heterocycles. The van der Waals surface area contributed by atoms with Gasteiger partial charge in [0.1, 0.15) is 0 Å². The van der Waals surface area contributed by atoms with Crippen LogP contribution in [0.3, 0.4) is 0 Å². The third kappa shape index (κ3) is 4.79. The van der Waals surface area contributed by atoms with Crippen LogP contribution in [0.5, 0.6) is 0 Å².